The zero-order chi connectivity index (χ0) is 31.0. The predicted octanol–water partition coefficient (Wildman–Crippen LogP) is 2.80. The SMILES string of the molecule is Cc1ccc(C(=O)OCC(=O)[C@H](CCCN=C(N)N)NC(=O)[C@H](Cc2ccccc2)NC(=O)OCc2ccccc2)cc1. The van der Waals surface area contributed by atoms with Gasteiger partial charge in [0.15, 0.2) is 18.3 Å². The normalized spacial score (nSPS) is 11.8. The summed E-state index contributed by atoms with van der Waals surface area (Å²) in [6.45, 7) is 1.57. The van der Waals surface area contributed by atoms with E-state index >= 15 is 0 Å². The first kappa shape index (κ1) is 32.3. The van der Waals surface area contributed by atoms with Crippen LogP contribution in [0.1, 0.15) is 39.9 Å². The maximum absolute atomic E-state index is 13.5. The van der Waals surface area contributed by atoms with Crippen LogP contribution in [0.4, 0.5) is 4.79 Å². The lowest BCUT2D eigenvalue weighted by atomic mass is 10.0. The van der Waals surface area contributed by atoms with Crippen molar-refractivity contribution in [2.45, 2.75) is 44.9 Å². The highest BCUT2D eigenvalue weighted by atomic mass is 16.5. The second-order valence-electron chi connectivity index (χ2n) is 9.87. The van der Waals surface area contributed by atoms with E-state index in [2.05, 4.69) is 15.6 Å². The molecule has 0 radical (unpaired) electrons. The number of carbonyl (C=O) groups is 4. The highest BCUT2D eigenvalue weighted by Gasteiger charge is 2.28. The molecule has 0 aliphatic heterocycles. The minimum atomic E-state index is -1.06. The van der Waals surface area contributed by atoms with Gasteiger partial charge in [0.1, 0.15) is 12.6 Å². The van der Waals surface area contributed by atoms with Crippen molar-refractivity contribution in [2.24, 2.45) is 16.5 Å². The largest absolute Gasteiger partial charge is 0.454 e. The number of hydrogen-bond acceptors (Lipinski definition) is 7. The second kappa shape index (κ2) is 16.9. The summed E-state index contributed by atoms with van der Waals surface area (Å²) < 4.78 is 10.6. The Labute approximate surface area is 250 Å². The second-order valence-corrected chi connectivity index (χ2v) is 9.87. The Morgan fingerprint density at radius 3 is 2.05 bits per heavy atom. The molecule has 0 fully saturated rings. The van der Waals surface area contributed by atoms with E-state index in [0.29, 0.717) is 12.0 Å². The molecule has 3 rings (SSSR count). The highest BCUT2D eigenvalue weighted by Crippen LogP contribution is 2.09. The molecule has 0 spiro atoms. The number of nitrogens with one attached hydrogen (secondary N) is 2. The highest BCUT2D eigenvalue weighted by molar-refractivity contribution is 5.95. The van der Waals surface area contributed by atoms with Crippen LogP contribution in [0.3, 0.4) is 0 Å². The van der Waals surface area contributed by atoms with Crippen molar-refractivity contribution in [1.82, 2.24) is 10.6 Å². The Balaban J connectivity index is 1.69. The average Bonchev–Trinajstić information content (AvgIpc) is 3.01. The molecule has 0 saturated heterocycles. The van der Waals surface area contributed by atoms with Crippen LogP contribution in [-0.4, -0.2) is 54.9 Å². The minimum absolute atomic E-state index is 0.0185. The van der Waals surface area contributed by atoms with Crippen LogP contribution in [-0.2, 0) is 32.1 Å². The molecule has 2 atom stereocenters. The number of ketones is 1. The van der Waals surface area contributed by atoms with Gasteiger partial charge in [0.25, 0.3) is 0 Å². The molecule has 0 heterocycles. The minimum Gasteiger partial charge on any atom is -0.454 e. The number of guanidine groups is 1. The number of nitrogens with zero attached hydrogens (tertiary/aromatic N) is 1. The number of Topliss-reactive ketones (excluding diaryl/α,β-unsaturated/α-hetero) is 1. The summed E-state index contributed by atoms with van der Waals surface area (Å²) in [7, 11) is 0. The van der Waals surface area contributed by atoms with E-state index in [1.165, 1.54) is 0 Å². The number of rotatable bonds is 15. The standard InChI is InChI=1S/C32H37N5O6/c1-22-14-16-25(17-15-22)30(40)42-21-28(38)26(13-8-18-35-31(33)34)36-29(39)27(19-23-9-4-2-5-10-23)37-32(41)43-20-24-11-6-3-7-12-24/h2-7,9-12,14-17,26-27H,8,13,18-21H2,1H3,(H,36,39)(H,37,41)(H4,33,34,35)/t26-,27-/m0/s1. The molecule has 2 amide bonds. The van der Waals surface area contributed by atoms with E-state index in [4.69, 9.17) is 20.9 Å². The van der Waals surface area contributed by atoms with Crippen LogP contribution >= 0.6 is 0 Å². The van der Waals surface area contributed by atoms with Gasteiger partial charge in [0.2, 0.25) is 5.91 Å². The fraction of sp³-hybridized carbons (Fsp3) is 0.281. The van der Waals surface area contributed by atoms with Gasteiger partial charge in [0.05, 0.1) is 11.6 Å². The van der Waals surface area contributed by atoms with E-state index < -0.39 is 42.4 Å². The molecular weight excluding hydrogens is 550 g/mol. The average molecular weight is 588 g/mol. The molecule has 3 aromatic carbocycles. The third kappa shape index (κ3) is 11.7. The van der Waals surface area contributed by atoms with Crippen molar-refractivity contribution in [2.75, 3.05) is 13.2 Å². The number of aliphatic imine (C=N–C) groups is 1. The smallest absolute Gasteiger partial charge is 0.408 e. The molecule has 0 aromatic heterocycles. The van der Waals surface area contributed by atoms with Gasteiger partial charge in [-0.25, -0.2) is 9.59 Å². The van der Waals surface area contributed by atoms with Gasteiger partial charge >= 0.3 is 12.1 Å². The van der Waals surface area contributed by atoms with Gasteiger partial charge in [-0.2, -0.15) is 0 Å². The van der Waals surface area contributed by atoms with Gasteiger partial charge in [0, 0.05) is 13.0 Å². The molecule has 0 bridgehead atoms. The van der Waals surface area contributed by atoms with Crippen molar-refractivity contribution >= 4 is 29.7 Å². The van der Waals surface area contributed by atoms with Crippen LogP contribution in [0.15, 0.2) is 89.9 Å². The fourth-order valence-electron chi connectivity index (χ4n) is 4.07. The van der Waals surface area contributed by atoms with Gasteiger partial charge in [-0.1, -0.05) is 78.4 Å². The molecule has 43 heavy (non-hydrogen) atoms. The van der Waals surface area contributed by atoms with Crippen LogP contribution in [0.2, 0.25) is 0 Å². The van der Waals surface area contributed by atoms with E-state index in [9.17, 15) is 19.2 Å². The maximum atomic E-state index is 13.5. The predicted molar refractivity (Wildman–Crippen MR) is 162 cm³/mol. The monoisotopic (exact) mass is 587 g/mol. The molecule has 11 heteroatoms. The summed E-state index contributed by atoms with van der Waals surface area (Å²) in [6.07, 6.45) is -0.122. The number of amides is 2. The third-order valence-corrected chi connectivity index (χ3v) is 6.39. The lowest BCUT2D eigenvalue weighted by Crippen LogP contribution is -2.53. The Kier molecular flexibility index (Phi) is 12.7. The summed E-state index contributed by atoms with van der Waals surface area (Å²) in [5.41, 5.74) is 13.6. The van der Waals surface area contributed by atoms with E-state index in [-0.39, 0.29) is 32.0 Å². The summed E-state index contributed by atoms with van der Waals surface area (Å²) in [4.78, 5) is 55.7. The van der Waals surface area contributed by atoms with Crippen LogP contribution in [0.25, 0.3) is 0 Å². The number of esters is 1. The number of carbonyl (C=O) groups excluding carboxylic acids is 4. The van der Waals surface area contributed by atoms with Crippen molar-refractivity contribution in [3.8, 4) is 0 Å². The first-order chi connectivity index (χ1) is 20.7. The molecule has 0 aliphatic rings. The molecule has 226 valence electrons. The fourth-order valence-corrected chi connectivity index (χ4v) is 4.07. The number of aryl methyl sites for hydroxylation is 1. The number of benzene rings is 3. The van der Waals surface area contributed by atoms with Crippen LogP contribution in [0, 0.1) is 6.92 Å². The van der Waals surface area contributed by atoms with Gasteiger partial charge in [-0.3, -0.25) is 14.6 Å². The first-order valence-corrected chi connectivity index (χ1v) is 13.8. The topological polar surface area (TPSA) is 175 Å². The van der Waals surface area contributed by atoms with Gasteiger partial charge in [-0.05, 0) is 43.0 Å². The Morgan fingerprint density at radius 1 is 0.791 bits per heavy atom. The molecule has 6 N–H and O–H groups in total. The summed E-state index contributed by atoms with van der Waals surface area (Å²) in [5.74, 6) is -1.89. The first-order valence-electron chi connectivity index (χ1n) is 13.8. The van der Waals surface area contributed by atoms with Crippen molar-refractivity contribution < 1.29 is 28.7 Å². The third-order valence-electron chi connectivity index (χ3n) is 6.39. The van der Waals surface area contributed by atoms with Crippen molar-refractivity contribution in [3.05, 3.63) is 107 Å². The molecule has 3 aromatic rings. The van der Waals surface area contributed by atoms with Crippen LogP contribution < -0.4 is 22.1 Å². The molecule has 0 aliphatic carbocycles. The Hall–Kier alpha value is -5.19. The molecule has 0 saturated carbocycles. The molecule has 11 nitrogen and oxygen atoms in total. The molecule has 0 unspecified atom stereocenters. The van der Waals surface area contributed by atoms with Crippen LogP contribution in [0.5, 0.6) is 0 Å². The lowest BCUT2D eigenvalue weighted by Gasteiger charge is -2.23. The van der Waals surface area contributed by atoms with E-state index in [1.807, 2.05) is 67.6 Å². The number of nitrogens with two attached hydrogens (primary N) is 2. The maximum Gasteiger partial charge on any atom is 0.408 e. The zero-order valence-electron chi connectivity index (χ0n) is 24.0. The van der Waals surface area contributed by atoms with Gasteiger partial charge in [-0.15, -0.1) is 0 Å². The van der Waals surface area contributed by atoms with Gasteiger partial charge < -0.3 is 31.6 Å². The van der Waals surface area contributed by atoms with E-state index in [0.717, 1.165) is 16.7 Å². The quantitative estimate of drug-likeness (QED) is 0.0908. The van der Waals surface area contributed by atoms with E-state index in [1.54, 1.807) is 24.3 Å². The van der Waals surface area contributed by atoms with Crippen molar-refractivity contribution in [3.63, 3.8) is 0 Å². The molecular formula is C32H37N5O6. The lowest BCUT2D eigenvalue weighted by molar-refractivity contribution is -0.130. The summed E-state index contributed by atoms with van der Waals surface area (Å²) in [5, 5.41) is 5.33. The summed E-state index contributed by atoms with van der Waals surface area (Å²) in [6, 6.07) is 22.9. The van der Waals surface area contributed by atoms with Crippen molar-refractivity contribution in [1.29, 1.82) is 0 Å². The Bertz CT molecular complexity index is 1380. The Morgan fingerprint density at radius 2 is 1.42 bits per heavy atom. The number of ether oxygens (including phenoxy) is 2. The zero-order valence-corrected chi connectivity index (χ0v) is 24.0. The summed E-state index contributed by atoms with van der Waals surface area (Å²) >= 11 is 0. The number of hydrogen-bond donors (Lipinski definition) is 4. The number of alkyl carbamates (subject to hydrolysis) is 1.